The van der Waals surface area contributed by atoms with E-state index in [0.29, 0.717) is 5.82 Å². The average Bonchev–Trinajstić information content (AvgIpc) is 2.90. The Kier molecular flexibility index (Phi) is 3.24. The van der Waals surface area contributed by atoms with Gasteiger partial charge in [-0.3, -0.25) is 4.79 Å². The number of nitrogens with zero attached hydrogens (tertiary/aromatic N) is 1. The molecular formula is C13H11F3N2OS. The fourth-order valence-electron chi connectivity index (χ4n) is 2.28. The van der Waals surface area contributed by atoms with E-state index in [9.17, 15) is 18.0 Å². The van der Waals surface area contributed by atoms with E-state index in [1.165, 1.54) is 6.07 Å². The van der Waals surface area contributed by atoms with E-state index in [4.69, 9.17) is 0 Å². The molecule has 2 aromatic rings. The van der Waals surface area contributed by atoms with Gasteiger partial charge in [-0.15, -0.1) is 0 Å². The van der Waals surface area contributed by atoms with E-state index in [-0.39, 0.29) is 21.7 Å². The van der Waals surface area contributed by atoms with Crippen LogP contribution in [0.1, 0.15) is 29.5 Å². The number of nitrogens with one attached hydrogen (secondary N) is 1. The van der Waals surface area contributed by atoms with Crippen LogP contribution in [0.5, 0.6) is 0 Å². The topological polar surface area (TPSA) is 45.8 Å². The molecule has 1 fully saturated rings. The normalized spacial score (nSPS) is 19.6. The maximum atomic E-state index is 12.7. The molecule has 106 valence electrons. The summed E-state index contributed by atoms with van der Waals surface area (Å²) < 4.78 is 38.1. The minimum Gasteiger partial charge on any atom is -0.309 e. The lowest BCUT2D eigenvalue weighted by atomic mass is 10.1. The van der Waals surface area contributed by atoms with Gasteiger partial charge in [0.15, 0.2) is 0 Å². The zero-order chi connectivity index (χ0) is 14.3. The summed E-state index contributed by atoms with van der Waals surface area (Å²) in [5, 5.41) is 0.256. The van der Waals surface area contributed by atoms with Gasteiger partial charge in [0.25, 0.3) is 5.56 Å². The van der Waals surface area contributed by atoms with E-state index in [1.807, 2.05) is 0 Å². The van der Waals surface area contributed by atoms with Gasteiger partial charge in [0.05, 0.1) is 21.7 Å². The standard InChI is InChI=1S/C13H11F3N2OS/c14-13(15,16)7-3-4-8-9(6-7)17-11(18-12(8)19)10-2-1-5-20-10/h3-4,6,10H,1-2,5H2,(H,17,18,19)/t10-/m1/s1. The molecule has 1 saturated heterocycles. The first-order chi connectivity index (χ1) is 9.45. The molecule has 0 spiro atoms. The highest BCUT2D eigenvalue weighted by Crippen LogP contribution is 2.38. The Morgan fingerprint density at radius 3 is 2.80 bits per heavy atom. The molecule has 0 unspecified atom stereocenters. The van der Waals surface area contributed by atoms with Gasteiger partial charge in [-0.05, 0) is 36.8 Å². The monoisotopic (exact) mass is 300 g/mol. The van der Waals surface area contributed by atoms with Gasteiger partial charge < -0.3 is 4.98 Å². The summed E-state index contributed by atoms with van der Waals surface area (Å²) in [6.07, 6.45) is -2.52. The number of rotatable bonds is 1. The van der Waals surface area contributed by atoms with E-state index < -0.39 is 11.7 Å². The molecule has 0 amide bonds. The number of hydrogen-bond donors (Lipinski definition) is 1. The molecule has 2 heterocycles. The largest absolute Gasteiger partial charge is 0.416 e. The lowest BCUT2D eigenvalue weighted by Gasteiger charge is -2.10. The molecule has 20 heavy (non-hydrogen) atoms. The molecule has 1 aromatic heterocycles. The highest BCUT2D eigenvalue weighted by atomic mass is 32.2. The second-order valence-corrected chi connectivity index (χ2v) is 5.99. The van der Waals surface area contributed by atoms with Crippen LogP contribution < -0.4 is 5.56 Å². The second-order valence-electron chi connectivity index (χ2n) is 4.68. The molecular weight excluding hydrogens is 289 g/mol. The summed E-state index contributed by atoms with van der Waals surface area (Å²) in [7, 11) is 0. The fourth-order valence-corrected chi connectivity index (χ4v) is 3.50. The fraction of sp³-hybridized carbons (Fsp3) is 0.385. The number of hydrogen-bond acceptors (Lipinski definition) is 3. The van der Waals surface area contributed by atoms with Crippen LogP contribution in [0.4, 0.5) is 13.2 Å². The first-order valence-electron chi connectivity index (χ1n) is 6.18. The van der Waals surface area contributed by atoms with Gasteiger partial charge in [-0.25, -0.2) is 4.98 Å². The molecule has 1 atom stereocenters. The van der Waals surface area contributed by atoms with Crippen molar-refractivity contribution >= 4 is 22.7 Å². The van der Waals surface area contributed by atoms with Gasteiger partial charge in [0.2, 0.25) is 0 Å². The van der Waals surface area contributed by atoms with Crippen LogP contribution >= 0.6 is 11.8 Å². The number of fused-ring (bicyclic) bond motifs is 1. The van der Waals surface area contributed by atoms with Gasteiger partial charge >= 0.3 is 6.18 Å². The van der Waals surface area contributed by atoms with Crippen molar-refractivity contribution in [3.05, 3.63) is 39.9 Å². The molecule has 0 saturated carbocycles. The predicted octanol–water partition coefficient (Wildman–Crippen LogP) is 3.51. The van der Waals surface area contributed by atoms with Gasteiger partial charge in [-0.1, -0.05) is 0 Å². The third-order valence-electron chi connectivity index (χ3n) is 3.29. The van der Waals surface area contributed by atoms with Crippen molar-refractivity contribution < 1.29 is 13.2 Å². The summed E-state index contributed by atoms with van der Waals surface area (Å²) in [6.45, 7) is 0. The quantitative estimate of drug-likeness (QED) is 0.876. The number of aromatic amines is 1. The second kappa shape index (κ2) is 4.80. The number of halogens is 3. The molecule has 3 nitrogen and oxygen atoms in total. The number of thioether (sulfide) groups is 1. The maximum Gasteiger partial charge on any atom is 0.416 e. The van der Waals surface area contributed by atoms with Crippen LogP contribution in [-0.2, 0) is 6.18 Å². The summed E-state index contributed by atoms with van der Waals surface area (Å²) in [6, 6.07) is 3.02. The average molecular weight is 300 g/mol. The minimum absolute atomic E-state index is 0.0710. The van der Waals surface area contributed by atoms with E-state index in [0.717, 1.165) is 30.7 Å². The highest BCUT2D eigenvalue weighted by molar-refractivity contribution is 7.99. The number of alkyl halides is 3. The Bertz CT molecular complexity index is 705. The molecule has 1 N–H and O–H groups in total. The van der Waals surface area contributed by atoms with Crippen LogP contribution in [0.2, 0.25) is 0 Å². The van der Waals surface area contributed by atoms with E-state index in [2.05, 4.69) is 9.97 Å². The Balaban J connectivity index is 2.15. The lowest BCUT2D eigenvalue weighted by molar-refractivity contribution is -0.137. The summed E-state index contributed by atoms with van der Waals surface area (Å²) in [5.41, 5.74) is -1.06. The van der Waals surface area contributed by atoms with Crippen LogP contribution in [-0.4, -0.2) is 15.7 Å². The first kappa shape index (κ1) is 13.5. The van der Waals surface area contributed by atoms with Crippen molar-refractivity contribution in [3.63, 3.8) is 0 Å². The highest BCUT2D eigenvalue weighted by Gasteiger charge is 2.31. The molecule has 3 rings (SSSR count). The van der Waals surface area contributed by atoms with Crippen molar-refractivity contribution in [1.82, 2.24) is 9.97 Å². The molecule has 7 heteroatoms. The molecule has 0 radical (unpaired) electrons. The Morgan fingerprint density at radius 1 is 1.35 bits per heavy atom. The summed E-state index contributed by atoms with van der Waals surface area (Å²) in [4.78, 5) is 18.8. The lowest BCUT2D eigenvalue weighted by Crippen LogP contribution is -2.14. The van der Waals surface area contributed by atoms with Crippen molar-refractivity contribution in [3.8, 4) is 0 Å². The van der Waals surface area contributed by atoms with Crippen LogP contribution in [0.25, 0.3) is 10.9 Å². The van der Waals surface area contributed by atoms with E-state index in [1.54, 1.807) is 11.8 Å². The third kappa shape index (κ3) is 2.42. The van der Waals surface area contributed by atoms with Gasteiger partial charge in [-0.2, -0.15) is 24.9 Å². The number of aromatic nitrogens is 2. The predicted molar refractivity (Wildman–Crippen MR) is 71.8 cm³/mol. The SMILES string of the molecule is O=c1[nH]c([C@H]2CCCS2)nc2cc(C(F)(F)F)ccc12. The first-order valence-corrected chi connectivity index (χ1v) is 7.23. The van der Waals surface area contributed by atoms with Crippen LogP contribution in [0.3, 0.4) is 0 Å². The van der Waals surface area contributed by atoms with Crippen molar-refractivity contribution in [2.75, 3.05) is 5.75 Å². The van der Waals surface area contributed by atoms with Gasteiger partial charge in [0, 0.05) is 0 Å². The molecule has 1 aliphatic rings. The smallest absolute Gasteiger partial charge is 0.309 e. The van der Waals surface area contributed by atoms with Crippen molar-refractivity contribution in [2.24, 2.45) is 0 Å². The number of H-pyrrole nitrogens is 1. The molecule has 0 aliphatic carbocycles. The zero-order valence-electron chi connectivity index (χ0n) is 10.3. The van der Waals surface area contributed by atoms with Gasteiger partial charge in [0.1, 0.15) is 5.82 Å². The van der Waals surface area contributed by atoms with Crippen molar-refractivity contribution in [1.29, 1.82) is 0 Å². The zero-order valence-corrected chi connectivity index (χ0v) is 11.1. The van der Waals surface area contributed by atoms with Crippen LogP contribution in [0.15, 0.2) is 23.0 Å². The summed E-state index contributed by atoms with van der Waals surface area (Å²) >= 11 is 1.67. The molecule has 0 bridgehead atoms. The minimum atomic E-state index is -4.43. The maximum absolute atomic E-state index is 12.7. The van der Waals surface area contributed by atoms with Crippen LogP contribution in [0, 0.1) is 0 Å². The van der Waals surface area contributed by atoms with Crippen molar-refractivity contribution in [2.45, 2.75) is 24.3 Å². The summed E-state index contributed by atoms with van der Waals surface area (Å²) in [5.74, 6) is 1.46. The Hall–Kier alpha value is -1.50. The van der Waals surface area contributed by atoms with E-state index >= 15 is 0 Å². The molecule has 1 aromatic carbocycles. The third-order valence-corrected chi connectivity index (χ3v) is 4.67. The Morgan fingerprint density at radius 2 is 2.15 bits per heavy atom. The Labute approximate surface area is 116 Å². The number of benzene rings is 1. The molecule has 1 aliphatic heterocycles.